The molecule has 18 heavy (non-hydrogen) atoms. The molecule has 2 nitrogen and oxygen atoms in total. The van der Waals surface area contributed by atoms with E-state index in [-0.39, 0.29) is 11.6 Å². The second-order valence-electron chi connectivity index (χ2n) is 5.28. The molecule has 2 aliphatic rings. The SMILES string of the molecule is CC(=O)C1=CCCC12CCc1ccccc1C2=O. The molecule has 0 aliphatic heterocycles. The van der Waals surface area contributed by atoms with Crippen molar-refractivity contribution < 1.29 is 9.59 Å². The molecule has 92 valence electrons. The first-order valence-electron chi connectivity index (χ1n) is 6.49. The molecular formula is C16H16O2. The maximum atomic E-state index is 12.8. The zero-order valence-electron chi connectivity index (χ0n) is 10.5. The van der Waals surface area contributed by atoms with Crippen LogP contribution in [-0.2, 0) is 11.2 Å². The average molecular weight is 240 g/mol. The van der Waals surface area contributed by atoms with Crippen LogP contribution < -0.4 is 0 Å². The molecule has 0 aromatic heterocycles. The maximum Gasteiger partial charge on any atom is 0.173 e. The fourth-order valence-electron chi connectivity index (χ4n) is 3.45. The minimum Gasteiger partial charge on any atom is -0.295 e. The lowest BCUT2D eigenvalue weighted by molar-refractivity contribution is -0.114. The minimum atomic E-state index is -0.514. The van der Waals surface area contributed by atoms with E-state index >= 15 is 0 Å². The van der Waals surface area contributed by atoms with Crippen molar-refractivity contribution in [1.82, 2.24) is 0 Å². The molecule has 0 saturated carbocycles. The molecule has 1 atom stereocenters. The Morgan fingerprint density at radius 1 is 1.22 bits per heavy atom. The van der Waals surface area contributed by atoms with Gasteiger partial charge in [-0.25, -0.2) is 0 Å². The van der Waals surface area contributed by atoms with Gasteiger partial charge in [0.1, 0.15) is 0 Å². The lowest BCUT2D eigenvalue weighted by Gasteiger charge is -2.34. The molecule has 0 heterocycles. The number of Topliss-reactive ketones (excluding diaryl/α,β-unsaturated/α-hetero) is 2. The van der Waals surface area contributed by atoms with Crippen molar-refractivity contribution in [1.29, 1.82) is 0 Å². The zero-order chi connectivity index (χ0) is 12.8. The van der Waals surface area contributed by atoms with Crippen LogP contribution in [0.5, 0.6) is 0 Å². The van der Waals surface area contributed by atoms with E-state index in [1.807, 2.05) is 30.3 Å². The number of carbonyl (C=O) groups is 2. The van der Waals surface area contributed by atoms with Gasteiger partial charge in [-0.2, -0.15) is 0 Å². The molecule has 1 aromatic rings. The molecule has 0 radical (unpaired) electrons. The van der Waals surface area contributed by atoms with Crippen molar-refractivity contribution >= 4 is 11.6 Å². The Morgan fingerprint density at radius 2 is 2.00 bits per heavy atom. The maximum absolute atomic E-state index is 12.8. The van der Waals surface area contributed by atoms with Crippen LogP contribution in [0.4, 0.5) is 0 Å². The first-order valence-corrected chi connectivity index (χ1v) is 6.49. The number of carbonyl (C=O) groups excluding carboxylic acids is 2. The fraction of sp³-hybridized carbons (Fsp3) is 0.375. The van der Waals surface area contributed by atoms with E-state index in [0.717, 1.165) is 42.4 Å². The molecule has 1 aromatic carbocycles. The molecule has 0 amide bonds. The van der Waals surface area contributed by atoms with Gasteiger partial charge in [0.15, 0.2) is 11.6 Å². The summed E-state index contributed by atoms with van der Waals surface area (Å²) in [7, 11) is 0. The summed E-state index contributed by atoms with van der Waals surface area (Å²) in [5.74, 6) is 0.212. The highest BCUT2D eigenvalue weighted by atomic mass is 16.1. The average Bonchev–Trinajstić information content (AvgIpc) is 2.80. The Labute approximate surface area is 107 Å². The van der Waals surface area contributed by atoms with Crippen molar-refractivity contribution in [2.24, 2.45) is 5.41 Å². The third-order valence-electron chi connectivity index (χ3n) is 4.33. The van der Waals surface area contributed by atoms with Crippen molar-refractivity contribution in [3.8, 4) is 0 Å². The predicted molar refractivity (Wildman–Crippen MR) is 69.5 cm³/mol. The van der Waals surface area contributed by atoms with Crippen LogP contribution in [0.3, 0.4) is 0 Å². The minimum absolute atomic E-state index is 0.0558. The highest BCUT2D eigenvalue weighted by molar-refractivity contribution is 6.11. The van der Waals surface area contributed by atoms with E-state index in [9.17, 15) is 9.59 Å². The third-order valence-corrected chi connectivity index (χ3v) is 4.33. The van der Waals surface area contributed by atoms with Gasteiger partial charge >= 0.3 is 0 Å². The highest BCUT2D eigenvalue weighted by Gasteiger charge is 2.48. The van der Waals surface area contributed by atoms with E-state index in [0.29, 0.717) is 0 Å². The van der Waals surface area contributed by atoms with Crippen molar-refractivity contribution in [3.05, 3.63) is 47.0 Å². The van der Waals surface area contributed by atoms with Gasteiger partial charge in [-0.15, -0.1) is 0 Å². The molecule has 2 aliphatic carbocycles. The van der Waals surface area contributed by atoms with Crippen LogP contribution in [0.15, 0.2) is 35.9 Å². The van der Waals surface area contributed by atoms with E-state index in [4.69, 9.17) is 0 Å². The van der Waals surface area contributed by atoms with Crippen LogP contribution in [0.1, 0.15) is 42.1 Å². The van der Waals surface area contributed by atoms with Gasteiger partial charge in [-0.3, -0.25) is 9.59 Å². The Morgan fingerprint density at radius 3 is 2.78 bits per heavy atom. The molecule has 1 spiro atoms. The number of ketones is 2. The summed E-state index contributed by atoms with van der Waals surface area (Å²) in [4.78, 5) is 24.5. The summed E-state index contributed by atoms with van der Waals surface area (Å²) >= 11 is 0. The molecule has 1 unspecified atom stereocenters. The van der Waals surface area contributed by atoms with E-state index in [2.05, 4.69) is 0 Å². The van der Waals surface area contributed by atoms with E-state index < -0.39 is 5.41 Å². The number of fused-ring (bicyclic) bond motifs is 1. The number of benzene rings is 1. The quantitative estimate of drug-likeness (QED) is 0.755. The van der Waals surface area contributed by atoms with Crippen LogP contribution in [-0.4, -0.2) is 11.6 Å². The van der Waals surface area contributed by atoms with Crippen LogP contribution in [0, 0.1) is 5.41 Å². The van der Waals surface area contributed by atoms with Gasteiger partial charge in [0.05, 0.1) is 5.41 Å². The van der Waals surface area contributed by atoms with Gasteiger partial charge in [0.2, 0.25) is 0 Å². The van der Waals surface area contributed by atoms with E-state index in [1.54, 1.807) is 6.92 Å². The fourth-order valence-corrected chi connectivity index (χ4v) is 3.45. The second-order valence-corrected chi connectivity index (χ2v) is 5.28. The van der Waals surface area contributed by atoms with Crippen molar-refractivity contribution in [2.45, 2.75) is 32.6 Å². The zero-order valence-corrected chi connectivity index (χ0v) is 10.5. The smallest absolute Gasteiger partial charge is 0.173 e. The molecule has 0 bridgehead atoms. The predicted octanol–water partition coefficient (Wildman–Crippen LogP) is 3.11. The summed E-state index contributed by atoms with van der Waals surface area (Å²) < 4.78 is 0. The van der Waals surface area contributed by atoms with Gasteiger partial charge in [0.25, 0.3) is 0 Å². The Balaban J connectivity index is 2.10. The summed E-state index contributed by atoms with van der Waals surface area (Å²) in [6.07, 6.45) is 5.30. The number of hydrogen-bond acceptors (Lipinski definition) is 2. The van der Waals surface area contributed by atoms with Gasteiger partial charge in [0, 0.05) is 11.1 Å². The number of hydrogen-bond donors (Lipinski definition) is 0. The molecule has 0 N–H and O–H groups in total. The van der Waals surface area contributed by atoms with Crippen LogP contribution >= 0.6 is 0 Å². The summed E-state index contributed by atoms with van der Waals surface area (Å²) in [6, 6.07) is 7.79. The molecule has 0 fully saturated rings. The Kier molecular flexibility index (Phi) is 2.47. The number of rotatable bonds is 1. The molecule has 0 saturated heterocycles. The van der Waals surface area contributed by atoms with Gasteiger partial charge < -0.3 is 0 Å². The molecular weight excluding hydrogens is 224 g/mol. The van der Waals surface area contributed by atoms with Crippen LogP contribution in [0.2, 0.25) is 0 Å². The standard InChI is InChI=1S/C16H16O2/c1-11(17)14-7-4-9-16(14)10-8-12-5-2-3-6-13(12)15(16)18/h2-3,5-7H,4,8-10H2,1H3. The monoisotopic (exact) mass is 240 g/mol. The van der Waals surface area contributed by atoms with Crippen LogP contribution in [0.25, 0.3) is 0 Å². The number of aryl methyl sites for hydroxylation is 1. The Hall–Kier alpha value is -1.70. The lowest BCUT2D eigenvalue weighted by atomic mass is 9.66. The normalized spacial score (nSPS) is 26.1. The topological polar surface area (TPSA) is 34.1 Å². The summed E-state index contributed by atoms with van der Waals surface area (Å²) in [6.45, 7) is 1.58. The summed E-state index contributed by atoms with van der Waals surface area (Å²) in [5.41, 5.74) is 2.18. The highest BCUT2D eigenvalue weighted by Crippen LogP contribution is 2.48. The first-order chi connectivity index (χ1) is 8.65. The van der Waals surface area contributed by atoms with Gasteiger partial charge in [-0.1, -0.05) is 30.3 Å². The van der Waals surface area contributed by atoms with E-state index in [1.165, 1.54) is 0 Å². The van der Waals surface area contributed by atoms with Crippen molar-refractivity contribution in [2.75, 3.05) is 0 Å². The molecule has 3 rings (SSSR count). The number of allylic oxidation sites excluding steroid dienone is 2. The van der Waals surface area contributed by atoms with Gasteiger partial charge in [-0.05, 0) is 38.2 Å². The summed E-state index contributed by atoms with van der Waals surface area (Å²) in [5, 5.41) is 0. The largest absolute Gasteiger partial charge is 0.295 e. The first kappa shape index (κ1) is 11.4. The second kappa shape index (κ2) is 3.91. The molecule has 2 heteroatoms. The van der Waals surface area contributed by atoms with Crippen molar-refractivity contribution in [3.63, 3.8) is 0 Å². The Bertz CT molecular complexity index is 568. The lowest BCUT2D eigenvalue weighted by Crippen LogP contribution is -2.37. The third kappa shape index (κ3) is 1.41.